The second-order valence-electron chi connectivity index (χ2n) is 5.90. The molecule has 22 heavy (non-hydrogen) atoms. The molecule has 1 aliphatic heterocycles. The fourth-order valence-corrected chi connectivity index (χ4v) is 3.52. The first-order chi connectivity index (χ1) is 10.5. The van der Waals surface area contributed by atoms with E-state index in [1.54, 1.807) is 0 Å². The van der Waals surface area contributed by atoms with Gasteiger partial charge < -0.3 is 15.2 Å². The molecule has 0 unspecified atom stereocenters. The number of carbonyl (C=O) groups excluding carboxylic acids is 1. The van der Waals surface area contributed by atoms with E-state index in [9.17, 15) is 4.79 Å². The lowest BCUT2D eigenvalue weighted by Gasteiger charge is -2.16. The van der Waals surface area contributed by atoms with E-state index in [1.165, 1.54) is 0 Å². The summed E-state index contributed by atoms with van der Waals surface area (Å²) in [6, 6.07) is 10.2. The first-order valence-electron chi connectivity index (χ1n) is 7.47. The Hall–Kier alpha value is -1.59. The van der Waals surface area contributed by atoms with Crippen LogP contribution in [0.25, 0.3) is 5.69 Å². The molecule has 2 aromatic rings. The van der Waals surface area contributed by atoms with Gasteiger partial charge in [0.05, 0.1) is 5.56 Å². The van der Waals surface area contributed by atoms with Crippen molar-refractivity contribution in [1.82, 2.24) is 9.47 Å². The minimum Gasteiger partial charge on any atom is -0.337 e. The summed E-state index contributed by atoms with van der Waals surface area (Å²) >= 11 is 3.50. The lowest BCUT2D eigenvalue weighted by Crippen LogP contribution is -2.32. The highest BCUT2D eigenvalue weighted by molar-refractivity contribution is 9.10. The Labute approximate surface area is 139 Å². The molecule has 0 aliphatic carbocycles. The zero-order chi connectivity index (χ0) is 15.9. The van der Waals surface area contributed by atoms with Gasteiger partial charge in [0, 0.05) is 40.7 Å². The van der Waals surface area contributed by atoms with Crippen molar-refractivity contribution < 1.29 is 4.79 Å². The third-order valence-electron chi connectivity index (χ3n) is 4.24. The van der Waals surface area contributed by atoms with E-state index in [2.05, 4.69) is 26.6 Å². The first kappa shape index (κ1) is 15.3. The Morgan fingerprint density at radius 3 is 2.73 bits per heavy atom. The summed E-state index contributed by atoms with van der Waals surface area (Å²) in [6.07, 6.45) is 0.885. The quantitative estimate of drug-likeness (QED) is 0.893. The van der Waals surface area contributed by atoms with E-state index in [0.29, 0.717) is 6.54 Å². The normalized spacial score (nSPS) is 18.0. The predicted molar refractivity (Wildman–Crippen MR) is 91.4 cm³/mol. The van der Waals surface area contributed by atoms with Gasteiger partial charge in [-0.25, -0.2) is 0 Å². The Kier molecular flexibility index (Phi) is 4.10. The van der Waals surface area contributed by atoms with Gasteiger partial charge in [0.2, 0.25) is 0 Å². The number of aryl methyl sites for hydroxylation is 1. The minimum atomic E-state index is 0.0855. The van der Waals surface area contributed by atoms with Gasteiger partial charge in [-0.15, -0.1) is 0 Å². The van der Waals surface area contributed by atoms with Crippen LogP contribution in [-0.4, -0.2) is 34.5 Å². The number of likely N-dealkylation sites (tertiary alicyclic amines) is 1. The molecule has 1 amide bonds. The minimum absolute atomic E-state index is 0.0855. The van der Waals surface area contributed by atoms with Gasteiger partial charge in [-0.2, -0.15) is 0 Å². The standard InChI is InChI=1S/C17H20BrN3O/c1-11-8-16(17(22)20-7-6-14(19)10-20)12(2)21(11)15-5-3-4-13(18)9-15/h3-5,8-9,14H,6-7,10,19H2,1-2H3/t14-/m1/s1. The Morgan fingerprint density at radius 1 is 1.32 bits per heavy atom. The van der Waals surface area contributed by atoms with Gasteiger partial charge in [0.25, 0.3) is 5.91 Å². The Morgan fingerprint density at radius 2 is 2.09 bits per heavy atom. The molecule has 2 N–H and O–H groups in total. The number of halogens is 1. The van der Waals surface area contributed by atoms with E-state index < -0.39 is 0 Å². The number of rotatable bonds is 2. The molecule has 0 saturated carbocycles. The summed E-state index contributed by atoms with van der Waals surface area (Å²) in [6.45, 7) is 5.43. The van der Waals surface area contributed by atoms with Gasteiger partial charge in [0.1, 0.15) is 0 Å². The SMILES string of the molecule is Cc1cc(C(=O)N2CC[C@@H](N)C2)c(C)n1-c1cccc(Br)c1. The summed E-state index contributed by atoms with van der Waals surface area (Å²) in [7, 11) is 0. The lowest BCUT2D eigenvalue weighted by atomic mass is 10.2. The maximum absolute atomic E-state index is 12.7. The van der Waals surface area contributed by atoms with Crippen LogP contribution in [-0.2, 0) is 0 Å². The van der Waals surface area contributed by atoms with Crippen LogP contribution < -0.4 is 5.73 Å². The van der Waals surface area contributed by atoms with Crippen molar-refractivity contribution in [2.75, 3.05) is 13.1 Å². The Balaban J connectivity index is 1.98. The number of nitrogens with two attached hydrogens (primary N) is 1. The number of hydrogen-bond donors (Lipinski definition) is 1. The topological polar surface area (TPSA) is 51.3 Å². The molecule has 0 bridgehead atoms. The van der Waals surface area contributed by atoms with Crippen molar-refractivity contribution in [3.05, 3.63) is 51.8 Å². The molecule has 1 saturated heterocycles. The van der Waals surface area contributed by atoms with E-state index >= 15 is 0 Å². The molecule has 1 aromatic heterocycles. The second-order valence-corrected chi connectivity index (χ2v) is 6.82. The van der Waals surface area contributed by atoms with Crippen LogP contribution in [0.4, 0.5) is 0 Å². The van der Waals surface area contributed by atoms with Crippen LogP contribution in [0.15, 0.2) is 34.8 Å². The maximum atomic E-state index is 12.7. The highest BCUT2D eigenvalue weighted by atomic mass is 79.9. The predicted octanol–water partition coefficient (Wildman–Crippen LogP) is 3.03. The summed E-state index contributed by atoms with van der Waals surface area (Å²) in [5, 5.41) is 0. The molecule has 2 heterocycles. The van der Waals surface area contributed by atoms with Gasteiger partial charge in [-0.1, -0.05) is 22.0 Å². The lowest BCUT2D eigenvalue weighted by molar-refractivity contribution is 0.0790. The van der Waals surface area contributed by atoms with Crippen LogP contribution >= 0.6 is 15.9 Å². The van der Waals surface area contributed by atoms with Crippen molar-refractivity contribution in [2.45, 2.75) is 26.3 Å². The van der Waals surface area contributed by atoms with E-state index in [-0.39, 0.29) is 11.9 Å². The smallest absolute Gasteiger partial charge is 0.255 e. The van der Waals surface area contributed by atoms with Crippen molar-refractivity contribution in [2.24, 2.45) is 5.73 Å². The number of carbonyl (C=O) groups is 1. The van der Waals surface area contributed by atoms with Gasteiger partial charge in [-0.05, 0) is 44.5 Å². The molecule has 1 atom stereocenters. The molecule has 1 aromatic carbocycles. The summed E-state index contributed by atoms with van der Waals surface area (Å²) < 4.78 is 3.14. The van der Waals surface area contributed by atoms with Crippen LogP contribution in [0.5, 0.6) is 0 Å². The maximum Gasteiger partial charge on any atom is 0.255 e. The van der Waals surface area contributed by atoms with E-state index in [1.807, 2.05) is 43.0 Å². The second kappa shape index (κ2) is 5.89. The van der Waals surface area contributed by atoms with Crippen molar-refractivity contribution in [3.8, 4) is 5.69 Å². The van der Waals surface area contributed by atoms with E-state index in [4.69, 9.17) is 5.73 Å². The van der Waals surface area contributed by atoms with Gasteiger partial charge in [-0.3, -0.25) is 4.79 Å². The van der Waals surface area contributed by atoms with Crippen molar-refractivity contribution in [1.29, 1.82) is 0 Å². The summed E-state index contributed by atoms with van der Waals surface area (Å²) in [5.74, 6) is 0.0855. The van der Waals surface area contributed by atoms with Crippen LogP contribution in [0.3, 0.4) is 0 Å². The highest BCUT2D eigenvalue weighted by Gasteiger charge is 2.27. The Bertz CT molecular complexity index is 723. The molecule has 1 fully saturated rings. The molecule has 1 aliphatic rings. The molecule has 0 radical (unpaired) electrons. The molecular weight excluding hydrogens is 342 g/mol. The number of benzene rings is 1. The largest absolute Gasteiger partial charge is 0.337 e. The monoisotopic (exact) mass is 361 g/mol. The average Bonchev–Trinajstić information content (AvgIpc) is 3.02. The van der Waals surface area contributed by atoms with Crippen LogP contribution in [0.2, 0.25) is 0 Å². The summed E-state index contributed by atoms with van der Waals surface area (Å²) in [4.78, 5) is 14.6. The fraction of sp³-hybridized carbons (Fsp3) is 0.353. The van der Waals surface area contributed by atoms with Gasteiger partial charge >= 0.3 is 0 Å². The molecule has 116 valence electrons. The third-order valence-corrected chi connectivity index (χ3v) is 4.73. The van der Waals surface area contributed by atoms with Gasteiger partial charge in [0.15, 0.2) is 0 Å². The number of nitrogens with zero attached hydrogens (tertiary/aromatic N) is 2. The average molecular weight is 362 g/mol. The number of aromatic nitrogens is 1. The van der Waals surface area contributed by atoms with Crippen molar-refractivity contribution >= 4 is 21.8 Å². The molecule has 3 rings (SSSR count). The zero-order valence-corrected chi connectivity index (χ0v) is 14.4. The van der Waals surface area contributed by atoms with Crippen molar-refractivity contribution in [3.63, 3.8) is 0 Å². The molecular formula is C17H20BrN3O. The third kappa shape index (κ3) is 2.71. The van der Waals surface area contributed by atoms with Crippen LogP contribution in [0, 0.1) is 13.8 Å². The molecule has 5 heteroatoms. The summed E-state index contributed by atoms with van der Waals surface area (Å²) in [5.41, 5.74) is 9.78. The molecule has 4 nitrogen and oxygen atoms in total. The van der Waals surface area contributed by atoms with E-state index in [0.717, 1.165) is 40.1 Å². The fourth-order valence-electron chi connectivity index (χ4n) is 3.13. The first-order valence-corrected chi connectivity index (χ1v) is 8.26. The van der Waals surface area contributed by atoms with Crippen LogP contribution in [0.1, 0.15) is 28.2 Å². The number of hydrogen-bond acceptors (Lipinski definition) is 2. The molecule has 0 spiro atoms. The zero-order valence-electron chi connectivity index (χ0n) is 12.8. The number of amides is 1. The highest BCUT2D eigenvalue weighted by Crippen LogP contribution is 2.25.